The van der Waals surface area contributed by atoms with Gasteiger partial charge in [-0.3, -0.25) is 9.48 Å². The molecule has 2 aliphatic heterocycles. The number of piperazine rings is 1. The number of carbonyl (C=O) groups excluding carboxylic acids is 2. The first-order chi connectivity index (χ1) is 11.7. The number of rotatable bonds is 3. The summed E-state index contributed by atoms with van der Waals surface area (Å²) >= 11 is 0. The highest BCUT2D eigenvalue weighted by atomic mass is 16.2. The van der Waals surface area contributed by atoms with Crippen molar-refractivity contribution in [2.75, 3.05) is 45.8 Å². The second-order valence-corrected chi connectivity index (χ2v) is 6.35. The van der Waals surface area contributed by atoms with Gasteiger partial charge in [0, 0.05) is 45.1 Å². The quantitative estimate of drug-likeness (QED) is 0.804. The third kappa shape index (κ3) is 3.10. The van der Waals surface area contributed by atoms with Crippen molar-refractivity contribution in [2.45, 2.75) is 25.3 Å². The fourth-order valence-electron chi connectivity index (χ4n) is 3.57. The van der Waals surface area contributed by atoms with Crippen LogP contribution in [-0.2, 0) is 10.3 Å². The van der Waals surface area contributed by atoms with E-state index >= 15 is 0 Å². The molecule has 0 atom stereocenters. The highest BCUT2D eigenvalue weighted by Gasteiger charge is 2.45. The van der Waals surface area contributed by atoms with Gasteiger partial charge in [-0.1, -0.05) is 0 Å². The van der Waals surface area contributed by atoms with E-state index in [-0.39, 0.29) is 11.9 Å². The van der Waals surface area contributed by atoms with Crippen molar-refractivity contribution >= 4 is 11.9 Å². The van der Waals surface area contributed by atoms with Crippen LogP contribution in [0.2, 0.25) is 0 Å². The van der Waals surface area contributed by atoms with Crippen LogP contribution < -0.4 is 10.6 Å². The summed E-state index contributed by atoms with van der Waals surface area (Å²) < 4.78 is 1.83. The SMILES string of the molecule is CCNC(=O)N1CCN(C(=O)C2(n3cccn3)CCNCC2)CC1. The van der Waals surface area contributed by atoms with Gasteiger partial charge in [0.15, 0.2) is 0 Å². The van der Waals surface area contributed by atoms with Crippen molar-refractivity contribution in [1.82, 2.24) is 30.2 Å². The Bertz CT molecular complexity index is 559. The first-order valence-electron chi connectivity index (χ1n) is 8.70. The van der Waals surface area contributed by atoms with E-state index in [4.69, 9.17) is 0 Å². The molecule has 132 valence electrons. The molecule has 2 fully saturated rings. The summed E-state index contributed by atoms with van der Waals surface area (Å²) in [6.07, 6.45) is 5.09. The zero-order valence-corrected chi connectivity index (χ0v) is 14.2. The first-order valence-corrected chi connectivity index (χ1v) is 8.70. The molecule has 3 rings (SSSR count). The fourth-order valence-corrected chi connectivity index (χ4v) is 3.57. The van der Waals surface area contributed by atoms with Gasteiger partial charge in [-0.2, -0.15) is 5.10 Å². The molecule has 8 heteroatoms. The van der Waals surface area contributed by atoms with Crippen molar-refractivity contribution in [3.05, 3.63) is 18.5 Å². The molecule has 0 bridgehead atoms. The van der Waals surface area contributed by atoms with Crippen molar-refractivity contribution in [3.63, 3.8) is 0 Å². The van der Waals surface area contributed by atoms with Gasteiger partial charge < -0.3 is 20.4 Å². The highest BCUT2D eigenvalue weighted by Crippen LogP contribution is 2.29. The van der Waals surface area contributed by atoms with Crippen molar-refractivity contribution in [2.24, 2.45) is 0 Å². The molecule has 0 saturated carbocycles. The second kappa shape index (κ2) is 7.21. The molecule has 1 aromatic heterocycles. The number of amides is 3. The van der Waals surface area contributed by atoms with E-state index in [1.165, 1.54) is 0 Å². The average Bonchev–Trinajstić information content (AvgIpc) is 3.17. The molecule has 8 nitrogen and oxygen atoms in total. The van der Waals surface area contributed by atoms with E-state index in [1.807, 2.05) is 28.8 Å². The lowest BCUT2D eigenvalue weighted by Gasteiger charge is -2.43. The summed E-state index contributed by atoms with van der Waals surface area (Å²) in [5.41, 5.74) is -0.595. The maximum Gasteiger partial charge on any atom is 0.317 e. The number of carbonyl (C=O) groups is 2. The number of hydrogen-bond donors (Lipinski definition) is 2. The lowest BCUT2D eigenvalue weighted by atomic mass is 9.86. The molecule has 24 heavy (non-hydrogen) atoms. The van der Waals surface area contributed by atoms with Gasteiger partial charge in [0.25, 0.3) is 5.91 Å². The summed E-state index contributed by atoms with van der Waals surface area (Å²) in [4.78, 5) is 28.9. The molecule has 1 aromatic rings. The Morgan fingerprint density at radius 3 is 2.42 bits per heavy atom. The lowest BCUT2D eigenvalue weighted by Crippen LogP contribution is -2.60. The van der Waals surface area contributed by atoms with Crippen LogP contribution >= 0.6 is 0 Å². The number of nitrogens with one attached hydrogen (secondary N) is 2. The summed E-state index contributed by atoms with van der Waals surface area (Å²) in [6, 6.07) is 1.82. The van der Waals surface area contributed by atoms with Crippen LogP contribution in [0.5, 0.6) is 0 Å². The van der Waals surface area contributed by atoms with Crippen LogP contribution in [-0.4, -0.2) is 77.3 Å². The summed E-state index contributed by atoms with van der Waals surface area (Å²) in [5.74, 6) is 0.128. The number of aromatic nitrogens is 2. The summed E-state index contributed by atoms with van der Waals surface area (Å²) in [6.45, 7) is 6.44. The third-order valence-corrected chi connectivity index (χ3v) is 4.95. The van der Waals surface area contributed by atoms with Crippen LogP contribution in [0.4, 0.5) is 4.79 Å². The van der Waals surface area contributed by atoms with E-state index in [1.54, 1.807) is 11.1 Å². The van der Waals surface area contributed by atoms with Gasteiger partial charge in [-0.05, 0) is 38.9 Å². The van der Waals surface area contributed by atoms with Gasteiger partial charge >= 0.3 is 6.03 Å². The molecule has 3 amide bonds. The van der Waals surface area contributed by atoms with Crippen LogP contribution in [0.3, 0.4) is 0 Å². The van der Waals surface area contributed by atoms with Gasteiger partial charge in [-0.25, -0.2) is 4.79 Å². The lowest BCUT2D eigenvalue weighted by molar-refractivity contribution is -0.144. The summed E-state index contributed by atoms with van der Waals surface area (Å²) in [7, 11) is 0. The van der Waals surface area contributed by atoms with Crippen molar-refractivity contribution in [1.29, 1.82) is 0 Å². The number of nitrogens with zero attached hydrogens (tertiary/aromatic N) is 4. The maximum atomic E-state index is 13.3. The minimum absolute atomic E-state index is 0.0479. The Morgan fingerprint density at radius 2 is 1.83 bits per heavy atom. The van der Waals surface area contributed by atoms with E-state index in [0.29, 0.717) is 32.7 Å². The largest absolute Gasteiger partial charge is 0.338 e. The van der Waals surface area contributed by atoms with Crippen LogP contribution in [0.1, 0.15) is 19.8 Å². The minimum Gasteiger partial charge on any atom is -0.338 e. The van der Waals surface area contributed by atoms with Gasteiger partial charge in [0.05, 0.1) is 0 Å². The zero-order chi connectivity index (χ0) is 17.0. The second-order valence-electron chi connectivity index (χ2n) is 6.35. The molecule has 0 aliphatic carbocycles. The van der Waals surface area contributed by atoms with Gasteiger partial charge in [0.2, 0.25) is 0 Å². The summed E-state index contributed by atoms with van der Waals surface area (Å²) in [5, 5.41) is 10.5. The molecule has 2 aliphatic rings. The van der Waals surface area contributed by atoms with Crippen molar-refractivity contribution < 1.29 is 9.59 Å². The normalized spacial score (nSPS) is 20.7. The monoisotopic (exact) mass is 334 g/mol. The molecular weight excluding hydrogens is 308 g/mol. The first kappa shape index (κ1) is 16.8. The van der Waals surface area contributed by atoms with Crippen LogP contribution in [0.25, 0.3) is 0 Å². The minimum atomic E-state index is -0.595. The zero-order valence-electron chi connectivity index (χ0n) is 14.2. The van der Waals surface area contributed by atoms with E-state index < -0.39 is 5.54 Å². The number of piperidine rings is 1. The van der Waals surface area contributed by atoms with Crippen molar-refractivity contribution in [3.8, 4) is 0 Å². The Balaban J connectivity index is 1.70. The standard InChI is InChI=1S/C16H26N6O2/c1-2-18-15(24)21-12-10-20(11-13-21)14(23)16(4-7-17-8-5-16)22-9-3-6-19-22/h3,6,9,17H,2,4-5,7-8,10-13H2,1H3,(H,18,24). The fraction of sp³-hybridized carbons (Fsp3) is 0.688. The number of hydrogen-bond acceptors (Lipinski definition) is 4. The van der Waals surface area contributed by atoms with E-state index in [9.17, 15) is 9.59 Å². The molecule has 0 unspecified atom stereocenters. The molecular formula is C16H26N6O2. The molecule has 3 heterocycles. The highest BCUT2D eigenvalue weighted by molar-refractivity contribution is 5.85. The third-order valence-electron chi connectivity index (χ3n) is 4.95. The predicted molar refractivity (Wildman–Crippen MR) is 89.5 cm³/mol. The van der Waals surface area contributed by atoms with E-state index in [2.05, 4.69) is 15.7 Å². The molecule has 2 saturated heterocycles. The maximum absolute atomic E-state index is 13.3. The van der Waals surface area contributed by atoms with Gasteiger partial charge in [-0.15, -0.1) is 0 Å². The smallest absolute Gasteiger partial charge is 0.317 e. The average molecular weight is 334 g/mol. The van der Waals surface area contributed by atoms with Crippen LogP contribution in [0, 0.1) is 0 Å². The Hall–Kier alpha value is -2.09. The Kier molecular flexibility index (Phi) is 5.03. The predicted octanol–water partition coefficient (Wildman–Crippen LogP) is -0.164. The molecule has 0 aromatic carbocycles. The molecule has 2 N–H and O–H groups in total. The molecule has 0 radical (unpaired) electrons. The van der Waals surface area contributed by atoms with Gasteiger partial charge in [0.1, 0.15) is 5.54 Å². The Morgan fingerprint density at radius 1 is 1.17 bits per heavy atom. The Labute approximate surface area is 142 Å². The number of urea groups is 1. The topological polar surface area (TPSA) is 82.5 Å². The van der Waals surface area contributed by atoms with E-state index in [0.717, 1.165) is 25.9 Å². The van der Waals surface area contributed by atoms with Crippen LogP contribution in [0.15, 0.2) is 18.5 Å². The molecule has 0 spiro atoms.